The number of rotatable bonds is 13. The zero-order valence-corrected chi connectivity index (χ0v) is 28.3. The van der Waals surface area contributed by atoms with Crippen LogP contribution in [0.1, 0.15) is 83.7 Å². The fraction of sp³-hybridized carbons (Fsp3) is 0.538. The van der Waals surface area contributed by atoms with Gasteiger partial charge >= 0.3 is 21.9 Å². The van der Waals surface area contributed by atoms with E-state index in [4.69, 9.17) is 9.47 Å². The number of esters is 2. The molecule has 0 saturated heterocycles. The Bertz CT molecular complexity index is 1260. The van der Waals surface area contributed by atoms with Crippen LogP contribution in [0.15, 0.2) is 23.2 Å². The predicted molar refractivity (Wildman–Crippen MR) is 140 cm³/mol. The highest BCUT2D eigenvalue weighted by Crippen LogP contribution is 2.16. The first-order valence-corrected chi connectivity index (χ1v) is 14.4. The molecule has 4 aromatic rings. The lowest BCUT2D eigenvalue weighted by atomic mass is 10.1. The molecule has 8 nitrogen and oxygen atoms in total. The number of hydrogen-bond donors (Lipinski definition) is 0. The number of unbranched alkanes of at least 4 members (excludes halogenated alkanes) is 7. The fourth-order valence-electron chi connectivity index (χ4n) is 4.54. The average Bonchev–Trinajstić information content (AvgIpc) is 3.61. The Hall–Kier alpha value is -1.26. The summed E-state index contributed by atoms with van der Waals surface area (Å²) in [4.78, 5) is 27.2. The molecule has 4 aromatic heterocycles. The van der Waals surface area contributed by atoms with Crippen LogP contribution in [-0.4, -0.2) is 34.3 Å². The van der Waals surface area contributed by atoms with Crippen LogP contribution in [0.3, 0.4) is 0 Å². The summed E-state index contributed by atoms with van der Waals surface area (Å²) in [5, 5.41) is 3.95. The van der Waals surface area contributed by atoms with E-state index < -0.39 is 0 Å². The van der Waals surface area contributed by atoms with E-state index >= 15 is 0 Å². The quantitative estimate of drug-likeness (QED) is 0.0735. The van der Waals surface area contributed by atoms with Crippen LogP contribution < -0.4 is 56.8 Å². The molecule has 0 spiro atoms. The van der Waals surface area contributed by atoms with Gasteiger partial charge in [-0.15, -0.1) is 0 Å². The van der Waals surface area contributed by atoms with Crippen molar-refractivity contribution < 1.29 is 75.8 Å². The molecule has 4 heterocycles. The van der Waals surface area contributed by atoms with Crippen LogP contribution in [0, 0.1) is 13.8 Å². The van der Waals surface area contributed by atoms with E-state index in [2.05, 4.69) is 0 Å². The van der Waals surface area contributed by atoms with Gasteiger partial charge in [-0.2, -0.15) is 8.80 Å². The van der Waals surface area contributed by atoms with Crippen LogP contribution >= 0.6 is 22.7 Å². The maximum absolute atomic E-state index is 12.6. The highest BCUT2D eigenvalue weighted by Gasteiger charge is 2.29. The first-order chi connectivity index (χ1) is 17.4. The summed E-state index contributed by atoms with van der Waals surface area (Å²) in [7, 11) is 3.94. The summed E-state index contributed by atoms with van der Waals surface area (Å²) in [6.45, 7) is 4.82. The molecule has 0 amide bonds. The van der Waals surface area contributed by atoms with Crippen molar-refractivity contribution in [1.29, 1.82) is 0 Å². The number of fused-ring (bicyclic) bond motifs is 2. The van der Waals surface area contributed by atoms with Crippen molar-refractivity contribution in [1.82, 2.24) is 9.13 Å². The smallest absolute Gasteiger partial charge is 0.383 e. The van der Waals surface area contributed by atoms with E-state index in [0.717, 1.165) is 59.8 Å². The van der Waals surface area contributed by atoms with E-state index in [9.17, 15) is 9.59 Å². The molecule has 0 saturated carbocycles. The van der Waals surface area contributed by atoms with Crippen molar-refractivity contribution in [2.24, 2.45) is 14.1 Å². The van der Waals surface area contributed by atoms with Crippen molar-refractivity contribution in [2.45, 2.75) is 65.2 Å². The normalized spacial score (nSPS) is 10.9. The van der Waals surface area contributed by atoms with E-state index in [1.807, 2.05) is 69.0 Å². The molecule has 0 bridgehead atoms. The van der Waals surface area contributed by atoms with Crippen molar-refractivity contribution in [3.63, 3.8) is 0 Å². The molecule has 0 aliphatic rings. The number of halogens is 2. The largest absolute Gasteiger partial charge is 1.00 e. The molecular weight excluding hydrogens is 750 g/mol. The second-order valence-corrected chi connectivity index (χ2v) is 10.9. The van der Waals surface area contributed by atoms with Crippen LogP contribution in [-0.2, 0) is 23.6 Å². The average molecular weight is 787 g/mol. The number of imidazole rings is 2. The van der Waals surface area contributed by atoms with E-state index in [1.54, 1.807) is 22.7 Å². The van der Waals surface area contributed by atoms with Gasteiger partial charge in [0.05, 0.1) is 27.3 Å². The second-order valence-electron chi connectivity index (χ2n) is 9.20. The minimum atomic E-state index is -0.247. The van der Waals surface area contributed by atoms with Gasteiger partial charge in [0.25, 0.3) is 11.4 Å². The summed E-state index contributed by atoms with van der Waals surface area (Å²) < 4.78 is 18.9. The Morgan fingerprint density at radius 2 is 1.03 bits per heavy atom. The highest BCUT2D eigenvalue weighted by atomic mass is 127. The summed E-state index contributed by atoms with van der Waals surface area (Å²) in [5.41, 5.74) is 3.10. The number of nitrogens with zero attached hydrogens (tertiary/aromatic N) is 4. The van der Waals surface area contributed by atoms with Crippen molar-refractivity contribution in [3.05, 3.63) is 45.9 Å². The maximum Gasteiger partial charge on any atom is 0.383 e. The number of ether oxygens (including phenoxy) is 2. The predicted octanol–water partition coefficient (Wildman–Crippen LogP) is -1.28. The molecule has 0 aliphatic heterocycles. The van der Waals surface area contributed by atoms with Crippen LogP contribution in [0.25, 0.3) is 9.92 Å². The topological polar surface area (TPSA) is 70.7 Å². The van der Waals surface area contributed by atoms with Crippen LogP contribution in [0.2, 0.25) is 0 Å². The van der Waals surface area contributed by atoms with Crippen molar-refractivity contribution in [3.8, 4) is 0 Å². The molecule has 0 fully saturated rings. The molecular formula is C26H36I2N4O4S2. The Morgan fingerprint density at radius 1 is 0.684 bits per heavy atom. The lowest BCUT2D eigenvalue weighted by Gasteiger charge is -2.05. The number of thiazole rings is 2. The number of hydrogen-bond acceptors (Lipinski definition) is 6. The van der Waals surface area contributed by atoms with E-state index in [1.165, 1.54) is 12.8 Å². The highest BCUT2D eigenvalue weighted by molar-refractivity contribution is 7.14. The molecule has 0 radical (unpaired) electrons. The van der Waals surface area contributed by atoms with Gasteiger partial charge in [-0.1, -0.05) is 61.2 Å². The first-order valence-electron chi connectivity index (χ1n) is 12.6. The Morgan fingerprint density at radius 3 is 1.39 bits per heavy atom. The molecule has 0 aromatic carbocycles. The molecule has 38 heavy (non-hydrogen) atoms. The van der Waals surface area contributed by atoms with Gasteiger partial charge in [0.15, 0.2) is 11.4 Å². The molecule has 12 heteroatoms. The molecule has 0 atom stereocenters. The van der Waals surface area contributed by atoms with Gasteiger partial charge in [0.2, 0.25) is 0 Å². The molecule has 0 aliphatic carbocycles. The third-order valence-electron chi connectivity index (χ3n) is 6.82. The lowest BCUT2D eigenvalue weighted by Crippen LogP contribution is -3.00. The van der Waals surface area contributed by atoms with Crippen molar-refractivity contribution >= 4 is 44.5 Å². The van der Waals surface area contributed by atoms with Gasteiger partial charge < -0.3 is 57.4 Å². The monoisotopic (exact) mass is 786 g/mol. The molecule has 0 unspecified atom stereocenters. The Labute approximate surface area is 266 Å². The fourth-order valence-corrected chi connectivity index (χ4v) is 6.27. The molecule has 4 rings (SSSR count). The zero-order chi connectivity index (χ0) is 25.7. The van der Waals surface area contributed by atoms with Gasteiger partial charge in [0.1, 0.15) is 12.4 Å². The van der Waals surface area contributed by atoms with Gasteiger partial charge in [-0.3, -0.25) is 0 Å². The summed E-state index contributed by atoms with van der Waals surface area (Å²) in [5.74, 6) is -0.495. The van der Waals surface area contributed by atoms with Gasteiger partial charge in [-0.25, -0.2) is 18.7 Å². The Kier molecular flexibility index (Phi) is 13.4. The lowest BCUT2D eigenvalue weighted by molar-refractivity contribution is -0.510. The minimum absolute atomic E-state index is 0. The summed E-state index contributed by atoms with van der Waals surface area (Å²) >= 11 is 3.22. The molecule has 210 valence electrons. The van der Waals surface area contributed by atoms with Crippen LogP contribution in [0.4, 0.5) is 0 Å². The number of aryl methyl sites for hydroxylation is 2. The summed E-state index contributed by atoms with van der Waals surface area (Å²) in [6.07, 6.45) is 12.4. The summed E-state index contributed by atoms with van der Waals surface area (Å²) in [6, 6.07) is 0. The molecule has 0 N–H and O–H groups in total. The Balaban J connectivity index is 0.00000253. The van der Waals surface area contributed by atoms with E-state index in [-0.39, 0.29) is 59.9 Å². The number of aromatic nitrogens is 4. The standard InChI is InChI=1S/C26H36N4O4S2.2HI/c1-19-21(29-13-17-35-25(29)27(19)3)23(31)33-15-11-9-7-5-6-8-10-12-16-34-24(32)22-20(2)28(4)26-30(22)14-18-36-26;;/h13-14,17-18H,5-12,15-16H2,1-4H3;2*1H/q+2;;/p-2. The number of carbonyl (C=O) groups excluding carboxylic acids is 2. The van der Waals surface area contributed by atoms with Crippen molar-refractivity contribution in [2.75, 3.05) is 13.2 Å². The van der Waals surface area contributed by atoms with Crippen LogP contribution in [0.5, 0.6) is 0 Å². The number of carbonyl (C=O) groups is 2. The maximum atomic E-state index is 12.6. The third kappa shape index (κ3) is 7.27. The van der Waals surface area contributed by atoms with Gasteiger partial charge in [-0.05, 0) is 12.8 Å². The third-order valence-corrected chi connectivity index (χ3v) is 8.70. The minimum Gasteiger partial charge on any atom is -1.00 e. The SMILES string of the molecule is Cc1c(C(=O)OCCCCCCCCCCOC(=O)c2c(C)n(C)c3scc[n+]23)[n+]2ccsc2n1C.[I-].[I-]. The zero-order valence-electron chi connectivity index (χ0n) is 22.4. The van der Waals surface area contributed by atoms with E-state index in [0.29, 0.717) is 24.6 Å². The van der Waals surface area contributed by atoms with Gasteiger partial charge in [0, 0.05) is 24.6 Å². The first kappa shape index (κ1) is 32.9. The second kappa shape index (κ2) is 15.5.